The minimum atomic E-state index is -0.921. The van der Waals surface area contributed by atoms with Gasteiger partial charge in [0.15, 0.2) is 11.6 Å². The zero-order chi connectivity index (χ0) is 14.6. The van der Waals surface area contributed by atoms with E-state index in [-0.39, 0.29) is 18.2 Å². The van der Waals surface area contributed by atoms with Crippen LogP contribution in [-0.4, -0.2) is 28.9 Å². The van der Waals surface area contributed by atoms with Gasteiger partial charge in [-0.3, -0.25) is 4.79 Å². The molecule has 110 valence electrons. The first kappa shape index (κ1) is 15.3. The summed E-state index contributed by atoms with van der Waals surface area (Å²) in [6.07, 6.45) is 3.39. The van der Waals surface area contributed by atoms with E-state index in [9.17, 15) is 18.7 Å². The van der Waals surface area contributed by atoms with Gasteiger partial charge in [-0.25, -0.2) is 8.78 Å². The number of hydrogen-bond donors (Lipinski definition) is 2. The zero-order valence-electron chi connectivity index (χ0n) is 11.0. The number of nitrogens with one attached hydrogen (secondary N) is 1. The van der Waals surface area contributed by atoms with Crippen molar-refractivity contribution >= 4 is 17.7 Å². The van der Waals surface area contributed by atoms with Gasteiger partial charge in [-0.05, 0) is 31.0 Å². The molecule has 0 atom stereocenters. The van der Waals surface area contributed by atoms with Crippen LogP contribution in [0.25, 0.3) is 0 Å². The van der Waals surface area contributed by atoms with Crippen LogP contribution in [0.1, 0.15) is 25.7 Å². The fraction of sp³-hybridized carbons (Fsp3) is 0.500. The summed E-state index contributed by atoms with van der Waals surface area (Å²) >= 11 is 1.13. The summed E-state index contributed by atoms with van der Waals surface area (Å²) in [5, 5.41) is 12.8. The fourth-order valence-electron chi connectivity index (χ4n) is 2.24. The summed E-state index contributed by atoms with van der Waals surface area (Å²) in [5.74, 6) is -1.93. The highest BCUT2D eigenvalue weighted by Crippen LogP contribution is 2.28. The Hall–Kier alpha value is -1.14. The molecule has 0 spiro atoms. The van der Waals surface area contributed by atoms with Crippen LogP contribution in [0, 0.1) is 11.6 Å². The number of amides is 1. The van der Waals surface area contributed by atoms with Crippen LogP contribution in [0.2, 0.25) is 0 Å². The predicted molar refractivity (Wildman–Crippen MR) is 73.5 cm³/mol. The molecule has 0 heterocycles. The third kappa shape index (κ3) is 4.18. The maximum absolute atomic E-state index is 13.0. The molecule has 3 nitrogen and oxygen atoms in total. The van der Waals surface area contributed by atoms with Gasteiger partial charge in [-0.2, -0.15) is 0 Å². The van der Waals surface area contributed by atoms with Gasteiger partial charge in [0.05, 0.1) is 11.4 Å². The van der Waals surface area contributed by atoms with Crippen LogP contribution in [0.3, 0.4) is 0 Å². The smallest absolute Gasteiger partial charge is 0.230 e. The highest BCUT2D eigenvalue weighted by atomic mass is 32.2. The number of rotatable bonds is 5. The van der Waals surface area contributed by atoms with Crippen molar-refractivity contribution in [3.63, 3.8) is 0 Å². The van der Waals surface area contributed by atoms with Crippen LogP contribution >= 0.6 is 11.8 Å². The standard InChI is InChI=1S/C14H17F2NO2S/c15-11-4-3-10(7-12(11)16)20-8-13(18)17-9-14(19)5-1-2-6-14/h3-4,7,19H,1-2,5-6,8-9H2,(H,17,18). The van der Waals surface area contributed by atoms with Gasteiger partial charge in [0, 0.05) is 11.4 Å². The van der Waals surface area contributed by atoms with Gasteiger partial charge in [0.2, 0.25) is 5.91 Å². The lowest BCUT2D eigenvalue weighted by molar-refractivity contribution is -0.119. The lowest BCUT2D eigenvalue weighted by Gasteiger charge is -2.22. The molecule has 0 saturated heterocycles. The van der Waals surface area contributed by atoms with Gasteiger partial charge in [0.1, 0.15) is 0 Å². The summed E-state index contributed by atoms with van der Waals surface area (Å²) in [4.78, 5) is 12.2. The number of carbonyl (C=O) groups excluding carboxylic acids is 1. The number of halogens is 2. The summed E-state index contributed by atoms with van der Waals surface area (Å²) in [6, 6.07) is 3.54. The van der Waals surface area contributed by atoms with Crippen molar-refractivity contribution in [3.8, 4) is 0 Å². The lowest BCUT2D eigenvalue weighted by atomic mass is 10.0. The first-order valence-electron chi connectivity index (χ1n) is 6.55. The molecular formula is C14H17F2NO2S. The summed E-state index contributed by atoms with van der Waals surface area (Å²) in [5.41, 5.74) is -0.775. The molecule has 1 aromatic carbocycles. The monoisotopic (exact) mass is 301 g/mol. The topological polar surface area (TPSA) is 49.3 Å². The Labute approximate surface area is 120 Å². The van der Waals surface area contributed by atoms with Gasteiger partial charge in [0.25, 0.3) is 0 Å². The van der Waals surface area contributed by atoms with E-state index in [2.05, 4.69) is 5.32 Å². The molecule has 20 heavy (non-hydrogen) atoms. The molecular weight excluding hydrogens is 284 g/mol. The Balaban J connectivity index is 1.76. The minimum Gasteiger partial charge on any atom is -0.388 e. The molecule has 1 aliphatic carbocycles. The Morgan fingerprint density at radius 2 is 2.00 bits per heavy atom. The van der Waals surface area contributed by atoms with Crippen LogP contribution in [-0.2, 0) is 4.79 Å². The van der Waals surface area contributed by atoms with E-state index in [1.165, 1.54) is 6.07 Å². The quantitative estimate of drug-likeness (QED) is 0.822. The van der Waals surface area contributed by atoms with Crippen molar-refractivity contribution in [3.05, 3.63) is 29.8 Å². The van der Waals surface area contributed by atoms with Gasteiger partial charge >= 0.3 is 0 Å². The van der Waals surface area contributed by atoms with E-state index in [1.54, 1.807) is 0 Å². The molecule has 1 saturated carbocycles. The molecule has 0 radical (unpaired) electrons. The molecule has 1 amide bonds. The summed E-state index contributed by atoms with van der Waals surface area (Å²) in [7, 11) is 0. The van der Waals surface area contributed by atoms with Crippen molar-refractivity contribution in [2.75, 3.05) is 12.3 Å². The van der Waals surface area contributed by atoms with Gasteiger partial charge in [-0.1, -0.05) is 12.8 Å². The molecule has 1 aromatic rings. The Kier molecular flexibility index (Phi) is 4.99. The number of thioether (sulfide) groups is 1. The molecule has 6 heteroatoms. The molecule has 2 N–H and O–H groups in total. The van der Waals surface area contributed by atoms with E-state index in [4.69, 9.17) is 0 Å². The highest BCUT2D eigenvalue weighted by Gasteiger charge is 2.31. The maximum atomic E-state index is 13.0. The molecule has 0 aromatic heterocycles. The Bertz CT molecular complexity index is 490. The van der Waals surface area contributed by atoms with Crippen molar-refractivity contribution in [2.45, 2.75) is 36.2 Å². The average molecular weight is 301 g/mol. The zero-order valence-corrected chi connectivity index (χ0v) is 11.8. The largest absolute Gasteiger partial charge is 0.388 e. The molecule has 1 fully saturated rings. The minimum absolute atomic E-state index is 0.112. The van der Waals surface area contributed by atoms with E-state index in [1.807, 2.05) is 0 Å². The van der Waals surface area contributed by atoms with E-state index < -0.39 is 17.2 Å². The highest BCUT2D eigenvalue weighted by molar-refractivity contribution is 8.00. The van der Waals surface area contributed by atoms with E-state index in [0.29, 0.717) is 17.7 Å². The van der Waals surface area contributed by atoms with Gasteiger partial charge in [-0.15, -0.1) is 11.8 Å². The fourth-order valence-corrected chi connectivity index (χ4v) is 2.99. The SMILES string of the molecule is O=C(CSc1ccc(F)c(F)c1)NCC1(O)CCCC1. The average Bonchev–Trinajstić information content (AvgIpc) is 2.85. The first-order chi connectivity index (χ1) is 9.48. The summed E-state index contributed by atoms with van der Waals surface area (Å²) < 4.78 is 25.7. The van der Waals surface area contributed by atoms with Crippen molar-refractivity contribution in [1.29, 1.82) is 0 Å². The van der Waals surface area contributed by atoms with Crippen molar-refractivity contribution in [2.24, 2.45) is 0 Å². The number of carbonyl (C=O) groups is 1. The van der Waals surface area contributed by atoms with Crippen LogP contribution in [0.15, 0.2) is 23.1 Å². The number of aliphatic hydroxyl groups is 1. The van der Waals surface area contributed by atoms with Crippen LogP contribution in [0.4, 0.5) is 8.78 Å². The molecule has 1 aliphatic rings. The number of hydrogen-bond acceptors (Lipinski definition) is 3. The molecule has 2 rings (SSSR count). The van der Waals surface area contributed by atoms with E-state index in [0.717, 1.165) is 36.7 Å². The Morgan fingerprint density at radius 1 is 1.30 bits per heavy atom. The van der Waals surface area contributed by atoms with Gasteiger partial charge < -0.3 is 10.4 Å². The predicted octanol–water partition coefficient (Wildman–Crippen LogP) is 2.48. The second-order valence-electron chi connectivity index (χ2n) is 5.07. The second-order valence-corrected chi connectivity index (χ2v) is 6.12. The molecule has 0 unspecified atom stereocenters. The van der Waals surface area contributed by atoms with Crippen molar-refractivity contribution < 1.29 is 18.7 Å². The van der Waals surface area contributed by atoms with E-state index >= 15 is 0 Å². The van der Waals surface area contributed by atoms with Crippen LogP contribution in [0.5, 0.6) is 0 Å². The van der Waals surface area contributed by atoms with Crippen LogP contribution < -0.4 is 5.32 Å². The third-order valence-corrected chi connectivity index (χ3v) is 4.40. The summed E-state index contributed by atoms with van der Waals surface area (Å²) in [6.45, 7) is 0.254. The Morgan fingerprint density at radius 3 is 2.65 bits per heavy atom. The third-order valence-electron chi connectivity index (χ3n) is 3.41. The number of benzene rings is 1. The normalized spacial score (nSPS) is 17.1. The maximum Gasteiger partial charge on any atom is 0.230 e. The first-order valence-corrected chi connectivity index (χ1v) is 7.54. The second kappa shape index (κ2) is 6.54. The lowest BCUT2D eigenvalue weighted by Crippen LogP contribution is -2.41. The molecule has 0 aliphatic heterocycles. The van der Waals surface area contributed by atoms with Crippen molar-refractivity contribution in [1.82, 2.24) is 5.32 Å². The molecule has 0 bridgehead atoms.